The minimum Gasteiger partial charge on any atom is -0.469 e. The lowest BCUT2D eigenvalue weighted by Gasteiger charge is -2.34. The van der Waals surface area contributed by atoms with Gasteiger partial charge >= 0.3 is 12.3 Å². The van der Waals surface area contributed by atoms with Gasteiger partial charge in [0, 0.05) is 37.1 Å². The van der Waals surface area contributed by atoms with Gasteiger partial charge in [0.15, 0.2) is 5.82 Å². The van der Waals surface area contributed by atoms with Crippen LogP contribution >= 0.6 is 0 Å². The highest BCUT2D eigenvalue weighted by molar-refractivity contribution is 5.85. The summed E-state index contributed by atoms with van der Waals surface area (Å²) in [5, 5.41) is 17.0. The molecule has 0 spiro atoms. The summed E-state index contributed by atoms with van der Waals surface area (Å²) in [6.07, 6.45) is 2.87. The lowest BCUT2D eigenvalue weighted by atomic mass is 9.90. The SMILES string of the molecule is Cn1cc(-c2cnc(N(C(=O)O)C3CCC(Nc4ncc(C(F)(F)F)c(OC5COC5)n4)CC3)cn2)cn1. The van der Waals surface area contributed by atoms with Crippen molar-refractivity contribution >= 4 is 17.9 Å². The Morgan fingerprint density at radius 1 is 1.13 bits per heavy atom. The number of hydrogen-bond donors (Lipinski definition) is 2. The van der Waals surface area contributed by atoms with E-state index in [0.717, 1.165) is 5.56 Å². The van der Waals surface area contributed by atoms with Gasteiger partial charge in [-0.1, -0.05) is 0 Å². The molecule has 3 aromatic rings. The van der Waals surface area contributed by atoms with Gasteiger partial charge < -0.3 is 19.9 Å². The molecule has 0 unspecified atom stereocenters. The summed E-state index contributed by atoms with van der Waals surface area (Å²) < 4.78 is 52.1. The molecule has 12 nitrogen and oxygen atoms in total. The van der Waals surface area contributed by atoms with Crippen LogP contribution < -0.4 is 15.0 Å². The Kier molecular flexibility index (Phi) is 7.01. The van der Waals surface area contributed by atoms with Crippen LogP contribution in [0.5, 0.6) is 5.88 Å². The summed E-state index contributed by atoms with van der Waals surface area (Å²) in [6.45, 7) is 0.398. The first-order valence-electron chi connectivity index (χ1n) is 12.0. The van der Waals surface area contributed by atoms with Gasteiger partial charge in [-0.3, -0.25) is 14.6 Å². The molecule has 0 atom stereocenters. The minimum atomic E-state index is -4.66. The summed E-state index contributed by atoms with van der Waals surface area (Å²) in [5.41, 5.74) is 0.288. The Bertz CT molecular complexity index is 1270. The Labute approximate surface area is 214 Å². The molecule has 1 aliphatic carbocycles. The number of carboxylic acid groups (broad SMARTS) is 1. The number of aromatic nitrogens is 6. The van der Waals surface area contributed by atoms with Crippen LogP contribution in [0, 0.1) is 0 Å². The molecule has 1 saturated heterocycles. The van der Waals surface area contributed by atoms with Crippen LogP contribution in [0.25, 0.3) is 11.3 Å². The van der Waals surface area contributed by atoms with Crippen LogP contribution in [-0.4, -0.2) is 72.3 Å². The number of amides is 1. The summed E-state index contributed by atoms with van der Waals surface area (Å²) in [5.74, 6) is -0.305. The normalized spacial score (nSPS) is 20.0. The zero-order chi connectivity index (χ0) is 26.9. The average Bonchev–Trinajstić information content (AvgIpc) is 3.28. The van der Waals surface area contributed by atoms with E-state index in [-0.39, 0.29) is 37.1 Å². The van der Waals surface area contributed by atoms with Gasteiger partial charge in [-0.25, -0.2) is 14.8 Å². The molecule has 1 amide bonds. The van der Waals surface area contributed by atoms with E-state index in [9.17, 15) is 23.1 Å². The molecule has 202 valence electrons. The maximum Gasteiger partial charge on any atom is 0.423 e. The van der Waals surface area contributed by atoms with Crippen LogP contribution in [0.1, 0.15) is 31.2 Å². The average molecular weight is 534 g/mol. The Hall–Kier alpha value is -4.01. The smallest absolute Gasteiger partial charge is 0.423 e. The molecule has 2 aliphatic rings. The molecule has 2 N–H and O–H groups in total. The monoisotopic (exact) mass is 534 g/mol. The number of rotatable bonds is 7. The maximum atomic E-state index is 13.4. The van der Waals surface area contributed by atoms with Gasteiger partial charge in [-0.05, 0) is 25.7 Å². The van der Waals surface area contributed by atoms with E-state index in [4.69, 9.17) is 9.47 Å². The number of ether oxygens (including phenoxy) is 2. The highest BCUT2D eigenvalue weighted by Gasteiger charge is 2.38. The molecule has 1 aliphatic heterocycles. The standard InChI is InChI=1S/C23H25F3N8O4/c1-33-10-13(6-30-33)18-8-28-19(9-27-18)34(22(35)36)15-4-2-14(3-5-15)31-21-29-7-17(23(24,25)26)20(32-21)38-16-11-37-12-16/h6-10,14-16H,2-5,11-12H2,1H3,(H,35,36)(H,29,31,32). The van der Waals surface area contributed by atoms with Crippen molar-refractivity contribution in [2.75, 3.05) is 23.4 Å². The number of halogens is 3. The summed E-state index contributed by atoms with van der Waals surface area (Å²) >= 11 is 0. The van der Waals surface area contributed by atoms with E-state index in [1.54, 1.807) is 24.1 Å². The van der Waals surface area contributed by atoms with Crippen LogP contribution in [0.15, 0.2) is 31.0 Å². The minimum absolute atomic E-state index is 0.0173. The number of carbonyl (C=O) groups is 1. The molecule has 4 heterocycles. The molecular formula is C23H25F3N8O4. The Morgan fingerprint density at radius 3 is 2.45 bits per heavy atom. The third kappa shape index (κ3) is 5.61. The van der Waals surface area contributed by atoms with Crippen molar-refractivity contribution in [2.45, 2.75) is 50.0 Å². The van der Waals surface area contributed by atoms with Gasteiger partial charge in [-0.2, -0.15) is 23.3 Å². The predicted octanol–water partition coefficient (Wildman–Crippen LogP) is 3.37. The topological polar surface area (TPSA) is 140 Å². The number of nitrogens with one attached hydrogen (secondary N) is 1. The molecule has 15 heteroatoms. The zero-order valence-corrected chi connectivity index (χ0v) is 20.3. The van der Waals surface area contributed by atoms with E-state index in [1.807, 2.05) is 0 Å². The molecule has 3 aromatic heterocycles. The number of anilines is 2. The van der Waals surface area contributed by atoms with Crippen LogP contribution in [0.2, 0.25) is 0 Å². The highest BCUT2D eigenvalue weighted by Crippen LogP contribution is 2.36. The number of hydrogen-bond acceptors (Lipinski definition) is 9. The largest absolute Gasteiger partial charge is 0.469 e. The fourth-order valence-electron chi connectivity index (χ4n) is 4.41. The van der Waals surface area contributed by atoms with E-state index in [1.165, 1.54) is 17.3 Å². The van der Waals surface area contributed by atoms with Gasteiger partial charge in [-0.15, -0.1) is 0 Å². The fourth-order valence-corrected chi connectivity index (χ4v) is 4.41. The molecule has 38 heavy (non-hydrogen) atoms. The number of nitrogens with zero attached hydrogens (tertiary/aromatic N) is 7. The highest BCUT2D eigenvalue weighted by atomic mass is 19.4. The van der Waals surface area contributed by atoms with Crippen molar-refractivity contribution in [2.24, 2.45) is 7.05 Å². The van der Waals surface area contributed by atoms with E-state index >= 15 is 0 Å². The lowest BCUT2D eigenvalue weighted by molar-refractivity contribution is -0.142. The van der Waals surface area contributed by atoms with E-state index in [0.29, 0.717) is 37.6 Å². The van der Waals surface area contributed by atoms with Gasteiger partial charge in [0.1, 0.15) is 11.7 Å². The van der Waals surface area contributed by atoms with Crippen molar-refractivity contribution in [3.8, 4) is 17.1 Å². The Balaban J connectivity index is 1.23. The second-order valence-corrected chi connectivity index (χ2v) is 9.15. The van der Waals surface area contributed by atoms with Crippen LogP contribution in [-0.2, 0) is 18.0 Å². The number of alkyl halides is 3. The van der Waals surface area contributed by atoms with E-state index in [2.05, 4.69) is 30.4 Å². The second kappa shape index (κ2) is 10.4. The molecule has 0 aromatic carbocycles. The first-order valence-corrected chi connectivity index (χ1v) is 12.0. The van der Waals surface area contributed by atoms with Crippen molar-refractivity contribution in [1.29, 1.82) is 0 Å². The number of aryl methyl sites for hydroxylation is 1. The summed E-state index contributed by atoms with van der Waals surface area (Å²) in [6, 6.07) is -0.493. The van der Waals surface area contributed by atoms with E-state index < -0.39 is 29.8 Å². The van der Waals surface area contributed by atoms with Gasteiger partial charge in [0.05, 0.1) is 37.5 Å². The molecule has 0 radical (unpaired) electrons. The van der Waals surface area contributed by atoms with Crippen molar-refractivity contribution in [1.82, 2.24) is 29.7 Å². The molecule has 1 saturated carbocycles. The molecule has 5 rings (SSSR count). The lowest BCUT2D eigenvalue weighted by Crippen LogP contribution is -2.44. The van der Waals surface area contributed by atoms with Gasteiger partial charge in [0.25, 0.3) is 0 Å². The summed E-state index contributed by atoms with van der Waals surface area (Å²) in [4.78, 5) is 29.8. The maximum absolute atomic E-state index is 13.4. The molecule has 0 bridgehead atoms. The molecule has 2 fully saturated rings. The molecular weight excluding hydrogens is 509 g/mol. The third-order valence-electron chi connectivity index (χ3n) is 6.43. The van der Waals surface area contributed by atoms with Crippen LogP contribution in [0.4, 0.5) is 29.7 Å². The predicted molar refractivity (Wildman–Crippen MR) is 127 cm³/mol. The summed E-state index contributed by atoms with van der Waals surface area (Å²) in [7, 11) is 1.78. The quantitative estimate of drug-likeness (QED) is 0.464. The van der Waals surface area contributed by atoms with Crippen molar-refractivity contribution < 1.29 is 32.5 Å². The fraction of sp³-hybridized carbons (Fsp3) is 0.478. The van der Waals surface area contributed by atoms with Crippen molar-refractivity contribution in [3.05, 3.63) is 36.5 Å². The first kappa shape index (κ1) is 25.6. The van der Waals surface area contributed by atoms with Crippen LogP contribution in [0.3, 0.4) is 0 Å². The first-order chi connectivity index (χ1) is 18.2. The Morgan fingerprint density at radius 2 is 1.89 bits per heavy atom. The van der Waals surface area contributed by atoms with Gasteiger partial charge in [0.2, 0.25) is 11.8 Å². The van der Waals surface area contributed by atoms with Crippen molar-refractivity contribution in [3.63, 3.8) is 0 Å². The zero-order valence-electron chi connectivity index (χ0n) is 20.3. The third-order valence-corrected chi connectivity index (χ3v) is 6.43. The second-order valence-electron chi connectivity index (χ2n) is 9.15.